The summed E-state index contributed by atoms with van der Waals surface area (Å²) in [7, 11) is 3.10. The van der Waals surface area contributed by atoms with Gasteiger partial charge in [-0.1, -0.05) is 107 Å². The number of nitrogens with zero attached hydrogens (tertiary/aromatic N) is 2. The second-order valence-electron chi connectivity index (χ2n) is 5.10. The molecule has 0 fully saturated rings. The zero-order valence-corrected chi connectivity index (χ0v) is 17.8. The van der Waals surface area contributed by atoms with Crippen molar-refractivity contribution in [1.29, 1.82) is 0 Å². The zero-order chi connectivity index (χ0) is 17.9. The van der Waals surface area contributed by atoms with Gasteiger partial charge in [0.2, 0.25) is 0 Å². The summed E-state index contributed by atoms with van der Waals surface area (Å²) < 4.78 is 3.18. The summed E-state index contributed by atoms with van der Waals surface area (Å²) in [5.74, 6) is 0. The van der Waals surface area contributed by atoms with Crippen LogP contribution in [0.5, 0.6) is 0 Å². The molecule has 4 aromatic rings. The molecule has 2 aromatic carbocycles. The molecule has 0 spiro atoms. The molecule has 0 bridgehead atoms. The fourth-order valence-corrected chi connectivity index (χ4v) is 7.42. The largest absolute Gasteiger partial charge is 0.227 e. The molecule has 26 heavy (non-hydrogen) atoms. The van der Waals surface area contributed by atoms with E-state index in [4.69, 9.17) is 23.2 Å². The summed E-state index contributed by atoms with van der Waals surface area (Å²) in [4.78, 5) is 9.31. The Morgan fingerprint density at radius 3 is 1.38 bits per heavy atom. The Balaban J connectivity index is 1.50. The Kier molecular flexibility index (Phi) is 5.88. The van der Waals surface area contributed by atoms with E-state index in [0.717, 1.165) is 31.2 Å². The van der Waals surface area contributed by atoms with Gasteiger partial charge in [-0.2, -0.15) is 0 Å². The normalized spacial score (nSPS) is 11.0. The molecule has 4 rings (SSSR count). The molecule has 0 atom stereocenters. The highest BCUT2D eigenvalue weighted by molar-refractivity contribution is 8.77. The third-order valence-electron chi connectivity index (χ3n) is 3.41. The summed E-state index contributed by atoms with van der Waals surface area (Å²) in [6.45, 7) is 0. The van der Waals surface area contributed by atoms with Crippen LogP contribution in [0.4, 0.5) is 0 Å². The van der Waals surface area contributed by atoms with Crippen LogP contribution in [0.3, 0.4) is 0 Å². The standard InChI is InChI=1S/C18H10Cl2N2S4/c19-15-13(11-7-3-1-4-8-11)21-17(23-15)25-26-18-22-14(16(20)24-18)12-9-5-2-6-10-12/h1-10H. The zero-order valence-electron chi connectivity index (χ0n) is 13.1. The van der Waals surface area contributed by atoms with Crippen molar-refractivity contribution in [3.8, 4) is 22.5 Å². The molecular formula is C18H10Cl2N2S4. The maximum absolute atomic E-state index is 6.37. The highest BCUT2D eigenvalue weighted by Crippen LogP contribution is 2.46. The first-order valence-electron chi connectivity index (χ1n) is 7.49. The van der Waals surface area contributed by atoms with Crippen LogP contribution in [0.2, 0.25) is 8.67 Å². The molecule has 130 valence electrons. The number of rotatable bonds is 5. The number of halogens is 2. The minimum atomic E-state index is 0.696. The van der Waals surface area contributed by atoms with Gasteiger partial charge >= 0.3 is 0 Å². The Morgan fingerprint density at radius 1 is 0.615 bits per heavy atom. The molecule has 0 unspecified atom stereocenters. The van der Waals surface area contributed by atoms with Crippen molar-refractivity contribution in [3.05, 3.63) is 69.3 Å². The lowest BCUT2D eigenvalue weighted by Crippen LogP contribution is -1.78. The molecule has 2 aromatic heterocycles. The van der Waals surface area contributed by atoms with Crippen LogP contribution in [0.25, 0.3) is 22.5 Å². The predicted octanol–water partition coefficient (Wildman–Crippen LogP) is 8.04. The molecule has 0 aliphatic carbocycles. The quantitative estimate of drug-likeness (QED) is 0.286. The predicted molar refractivity (Wildman–Crippen MR) is 117 cm³/mol. The van der Waals surface area contributed by atoms with Crippen molar-refractivity contribution >= 4 is 67.5 Å². The fourth-order valence-electron chi connectivity index (χ4n) is 2.26. The van der Waals surface area contributed by atoms with Crippen LogP contribution < -0.4 is 0 Å². The van der Waals surface area contributed by atoms with Crippen molar-refractivity contribution in [2.75, 3.05) is 0 Å². The summed E-state index contributed by atoms with van der Waals surface area (Å²) in [5.41, 5.74) is 3.69. The Morgan fingerprint density at radius 2 is 1.00 bits per heavy atom. The minimum Gasteiger partial charge on any atom is -0.227 e. The molecule has 0 N–H and O–H groups in total. The lowest BCUT2D eigenvalue weighted by molar-refractivity contribution is 1.25. The summed E-state index contributed by atoms with van der Waals surface area (Å²) in [6, 6.07) is 19.9. The highest BCUT2D eigenvalue weighted by Gasteiger charge is 2.15. The van der Waals surface area contributed by atoms with Gasteiger partial charge in [0.1, 0.15) is 20.1 Å². The molecule has 8 heteroatoms. The van der Waals surface area contributed by atoms with Crippen LogP contribution in [-0.2, 0) is 0 Å². The van der Waals surface area contributed by atoms with Crippen LogP contribution in [0.15, 0.2) is 69.3 Å². The maximum atomic E-state index is 6.37. The van der Waals surface area contributed by atoms with Crippen LogP contribution in [0, 0.1) is 0 Å². The van der Waals surface area contributed by atoms with E-state index in [0.29, 0.717) is 8.67 Å². The Bertz CT molecular complexity index is 933. The monoisotopic (exact) mass is 452 g/mol. The first-order valence-corrected chi connectivity index (χ1v) is 12.0. The van der Waals surface area contributed by atoms with Gasteiger partial charge in [-0.3, -0.25) is 0 Å². The van der Waals surface area contributed by atoms with Crippen molar-refractivity contribution < 1.29 is 0 Å². The highest BCUT2D eigenvalue weighted by atomic mass is 35.5. The van der Waals surface area contributed by atoms with Crippen molar-refractivity contribution in [2.24, 2.45) is 0 Å². The van der Waals surface area contributed by atoms with E-state index < -0.39 is 0 Å². The Hall–Kier alpha value is -1.02. The number of thiazole rings is 2. The maximum Gasteiger partial charge on any atom is 0.163 e. The van der Waals surface area contributed by atoms with Crippen LogP contribution >= 0.6 is 67.5 Å². The van der Waals surface area contributed by atoms with E-state index >= 15 is 0 Å². The van der Waals surface area contributed by atoms with E-state index in [1.807, 2.05) is 60.7 Å². The summed E-state index contributed by atoms with van der Waals surface area (Å²) >= 11 is 15.7. The van der Waals surface area contributed by atoms with Gasteiger partial charge in [0, 0.05) is 11.1 Å². The SMILES string of the molecule is Clc1sc(SSc2nc(-c3ccccc3)c(Cl)s2)nc1-c1ccccc1. The van der Waals surface area contributed by atoms with Crippen molar-refractivity contribution in [1.82, 2.24) is 9.97 Å². The summed E-state index contributed by atoms with van der Waals surface area (Å²) in [5, 5.41) is 0. The minimum absolute atomic E-state index is 0.696. The average molecular weight is 453 g/mol. The van der Waals surface area contributed by atoms with E-state index in [-0.39, 0.29) is 0 Å². The van der Waals surface area contributed by atoms with Crippen molar-refractivity contribution in [3.63, 3.8) is 0 Å². The number of aromatic nitrogens is 2. The second kappa shape index (κ2) is 8.33. The van der Waals surface area contributed by atoms with Gasteiger partial charge in [-0.05, 0) is 21.6 Å². The van der Waals surface area contributed by atoms with E-state index in [2.05, 4.69) is 9.97 Å². The topological polar surface area (TPSA) is 25.8 Å². The van der Waals surface area contributed by atoms with Crippen LogP contribution in [-0.4, -0.2) is 9.97 Å². The van der Waals surface area contributed by atoms with Gasteiger partial charge in [-0.15, -0.1) is 0 Å². The molecule has 0 aliphatic rings. The number of hydrogen-bond donors (Lipinski definition) is 0. The molecule has 0 amide bonds. The Labute approximate surface area is 177 Å². The lowest BCUT2D eigenvalue weighted by Gasteiger charge is -1.96. The van der Waals surface area contributed by atoms with E-state index in [1.165, 1.54) is 22.7 Å². The molecule has 2 heterocycles. The third-order valence-corrected chi connectivity index (χ3v) is 8.89. The second-order valence-corrected chi connectivity index (χ2v) is 10.9. The number of benzene rings is 2. The third kappa shape index (κ3) is 4.11. The summed E-state index contributed by atoms with van der Waals surface area (Å²) in [6.07, 6.45) is 0. The smallest absolute Gasteiger partial charge is 0.163 e. The van der Waals surface area contributed by atoms with Gasteiger partial charge in [0.15, 0.2) is 8.68 Å². The lowest BCUT2D eigenvalue weighted by atomic mass is 10.2. The van der Waals surface area contributed by atoms with Gasteiger partial charge < -0.3 is 0 Å². The average Bonchev–Trinajstić information content (AvgIpc) is 3.24. The number of hydrogen-bond acceptors (Lipinski definition) is 6. The van der Waals surface area contributed by atoms with E-state index in [9.17, 15) is 0 Å². The van der Waals surface area contributed by atoms with Gasteiger partial charge in [0.25, 0.3) is 0 Å². The molecular weight excluding hydrogens is 443 g/mol. The molecule has 0 saturated heterocycles. The molecule has 0 radical (unpaired) electrons. The first kappa shape index (κ1) is 18.3. The first-order chi connectivity index (χ1) is 12.7. The van der Waals surface area contributed by atoms with Gasteiger partial charge in [-0.25, -0.2) is 9.97 Å². The molecule has 2 nitrogen and oxygen atoms in total. The molecule has 0 aliphatic heterocycles. The van der Waals surface area contributed by atoms with Gasteiger partial charge in [0.05, 0.1) is 0 Å². The fraction of sp³-hybridized carbons (Fsp3) is 0. The van der Waals surface area contributed by atoms with E-state index in [1.54, 1.807) is 21.6 Å². The van der Waals surface area contributed by atoms with Crippen molar-refractivity contribution in [2.45, 2.75) is 8.68 Å². The molecule has 0 saturated carbocycles. The van der Waals surface area contributed by atoms with Crippen LogP contribution in [0.1, 0.15) is 0 Å².